The first kappa shape index (κ1) is 32.3. The number of benzene rings is 1. The number of carbonyl (C=O) groups is 2. The number of aromatic nitrogens is 1. The van der Waals surface area contributed by atoms with Gasteiger partial charge in [-0.25, -0.2) is 14.8 Å². The van der Waals surface area contributed by atoms with Gasteiger partial charge in [0.25, 0.3) is 0 Å². The second kappa shape index (κ2) is 14.7. The second-order valence-corrected chi connectivity index (χ2v) is 12.7. The van der Waals surface area contributed by atoms with Crippen LogP contribution in [0.4, 0.5) is 5.69 Å². The summed E-state index contributed by atoms with van der Waals surface area (Å²) in [4.78, 5) is 37.3. The molecule has 1 amide bonds. The third kappa shape index (κ3) is 9.68. The summed E-state index contributed by atoms with van der Waals surface area (Å²) in [5.74, 6) is 1.29. The van der Waals surface area contributed by atoms with E-state index in [0.29, 0.717) is 36.5 Å². The van der Waals surface area contributed by atoms with Gasteiger partial charge < -0.3 is 30.2 Å². The van der Waals surface area contributed by atoms with Crippen molar-refractivity contribution in [1.82, 2.24) is 15.2 Å². The van der Waals surface area contributed by atoms with E-state index in [1.165, 1.54) is 6.42 Å². The van der Waals surface area contributed by atoms with E-state index in [0.717, 1.165) is 36.9 Å². The third-order valence-corrected chi connectivity index (χ3v) is 7.69. The minimum Gasteiger partial charge on any atom is -0.461 e. The van der Waals surface area contributed by atoms with Crippen LogP contribution in [0.2, 0.25) is 0 Å². The number of ether oxygens (including phenoxy) is 3. The number of para-hydroxylation sites is 1. The number of carbonyl (C=O) groups excluding carboxylic acids is 2. The molecule has 2 aromatic rings. The van der Waals surface area contributed by atoms with Crippen molar-refractivity contribution in [2.24, 2.45) is 16.6 Å². The number of rotatable bonds is 12. The number of guanidine groups is 1. The first-order valence-electron chi connectivity index (χ1n) is 15.4. The molecule has 4 rings (SSSR count). The highest BCUT2D eigenvalue weighted by atomic mass is 16.5. The summed E-state index contributed by atoms with van der Waals surface area (Å²) in [6.45, 7) is 9.87. The molecule has 0 spiro atoms. The molecule has 10 heteroatoms. The Bertz CT molecular complexity index is 1250. The number of nitrogens with one attached hydrogen (secondary N) is 1. The quantitative estimate of drug-likeness (QED) is 0.304. The number of amides is 1. The molecule has 1 aromatic heterocycles. The Kier molecular flexibility index (Phi) is 11.0. The van der Waals surface area contributed by atoms with Gasteiger partial charge in [-0.05, 0) is 71.9 Å². The van der Waals surface area contributed by atoms with Gasteiger partial charge in [0.1, 0.15) is 5.75 Å². The summed E-state index contributed by atoms with van der Waals surface area (Å²) in [5, 5.41) is 2.87. The molecule has 10 nitrogen and oxygen atoms in total. The van der Waals surface area contributed by atoms with Crippen LogP contribution < -0.4 is 15.8 Å². The molecule has 1 saturated carbocycles. The van der Waals surface area contributed by atoms with E-state index in [2.05, 4.69) is 20.2 Å². The lowest BCUT2D eigenvalue weighted by Gasteiger charge is -2.41. The lowest BCUT2D eigenvalue weighted by molar-refractivity contribution is -0.155. The van der Waals surface area contributed by atoms with Gasteiger partial charge in [-0.2, -0.15) is 0 Å². The van der Waals surface area contributed by atoms with E-state index < -0.39 is 17.6 Å². The van der Waals surface area contributed by atoms with Crippen LogP contribution in [0.5, 0.6) is 11.6 Å². The van der Waals surface area contributed by atoms with Crippen LogP contribution in [0.1, 0.15) is 85.1 Å². The van der Waals surface area contributed by atoms with E-state index in [-0.39, 0.29) is 31.1 Å². The molecule has 0 unspecified atom stereocenters. The Balaban J connectivity index is 1.47. The molecule has 1 aliphatic carbocycles. The summed E-state index contributed by atoms with van der Waals surface area (Å²) >= 11 is 0. The Hall–Kier alpha value is -3.66. The van der Waals surface area contributed by atoms with Gasteiger partial charge in [-0.1, -0.05) is 37.5 Å². The number of hydrogen-bond donors (Lipinski definition) is 2. The molecular formula is C33H47N5O5. The molecule has 2 atom stereocenters. The number of pyridine rings is 1. The first-order chi connectivity index (χ1) is 20.5. The maximum Gasteiger partial charge on any atom is 0.331 e. The lowest BCUT2D eigenvalue weighted by Crippen LogP contribution is -2.50. The largest absolute Gasteiger partial charge is 0.461 e. The highest BCUT2D eigenvalue weighted by Crippen LogP contribution is 2.36. The summed E-state index contributed by atoms with van der Waals surface area (Å²) in [6, 6.07) is 10.6. The number of hydrogen-bond acceptors (Lipinski definition) is 9. The topological polar surface area (TPSA) is 128 Å². The van der Waals surface area contributed by atoms with E-state index in [4.69, 9.17) is 19.9 Å². The average Bonchev–Trinajstić information content (AvgIpc) is 2.96. The fraction of sp³-hybridized carbons (Fsp3) is 0.576. The molecular weight excluding hydrogens is 546 g/mol. The van der Waals surface area contributed by atoms with Gasteiger partial charge in [0.05, 0.1) is 30.2 Å². The molecule has 0 bridgehead atoms. The maximum atomic E-state index is 13.3. The predicted molar refractivity (Wildman–Crippen MR) is 166 cm³/mol. The normalized spacial score (nSPS) is 17.1. The van der Waals surface area contributed by atoms with Crippen molar-refractivity contribution in [3.05, 3.63) is 48.2 Å². The Labute approximate surface area is 255 Å². The third-order valence-electron chi connectivity index (χ3n) is 7.69. The van der Waals surface area contributed by atoms with Crippen molar-refractivity contribution in [1.29, 1.82) is 0 Å². The summed E-state index contributed by atoms with van der Waals surface area (Å²) in [7, 11) is 0. The zero-order valence-electron chi connectivity index (χ0n) is 26.2. The number of nitrogens with zero attached hydrogens (tertiary/aromatic N) is 3. The van der Waals surface area contributed by atoms with Crippen LogP contribution in [-0.2, 0) is 25.6 Å². The highest BCUT2D eigenvalue weighted by molar-refractivity contribution is 5.85. The van der Waals surface area contributed by atoms with Gasteiger partial charge >= 0.3 is 5.97 Å². The zero-order chi connectivity index (χ0) is 31.0. The smallest absolute Gasteiger partial charge is 0.331 e. The zero-order valence-corrected chi connectivity index (χ0v) is 26.2. The fourth-order valence-corrected chi connectivity index (χ4v) is 5.63. The van der Waals surface area contributed by atoms with Gasteiger partial charge in [-0.3, -0.25) is 4.79 Å². The minimum absolute atomic E-state index is 0.0153. The van der Waals surface area contributed by atoms with Crippen LogP contribution in [0.25, 0.3) is 0 Å². The van der Waals surface area contributed by atoms with Crippen LogP contribution >= 0.6 is 0 Å². The minimum atomic E-state index is -0.883. The molecule has 3 N–H and O–H groups in total. The van der Waals surface area contributed by atoms with Crippen LogP contribution in [0, 0.1) is 5.92 Å². The Morgan fingerprint density at radius 1 is 1.12 bits per heavy atom. The van der Waals surface area contributed by atoms with Crippen LogP contribution in [-0.4, -0.2) is 58.1 Å². The van der Waals surface area contributed by atoms with Crippen molar-refractivity contribution < 1.29 is 23.8 Å². The van der Waals surface area contributed by atoms with Crippen molar-refractivity contribution in [3.8, 4) is 11.6 Å². The Morgan fingerprint density at radius 3 is 2.51 bits per heavy atom. The lowest BCUT2D eigenvalue weighted by atomic mass is 9.81. The second-order valence-electron chi connectivity index (χ2n) is 12.7. The van der Waals surface area contributed by atoms with Crippen molar-refractivity contribution >= 4 is 23.5 Å². The molecule has 1 aromatic carbocycles. The van der Waals surface area contributed by atoms with E-state index >= 15 is 0 Å². The number of esters is 1. The standard InChI is InChI=1S/C33H47N5O5/c1-22(2)42-31(40)27(21-41-33(3,4)5)36-29(39)17-16-28(23-12-8-6-9-13-23)38-20-24-18-30(35-19-26(24)37-32(38)34)43-25-14-10-7-11-15-25/h7,10-11,14-15,18-19,22-23,27-28H,6,8-9,12-13,16-17,20-21H2,1-5H3,(H2,34,37)(H,36,39)/t27-,28+/m1/s1. The van der Waals surface area contributed by atoms with Crippen LogP contribution in [0.3, 0.4) is 0 Å². The molecule has 0 saturated heterocycles. The van der Waals surface area contributed by atoms with E-state index in [1.54, 1.807) is 20.0 Å². The maximum absolute atomic E-state index is 13.3. The summed E-state index contributed by atoms with van der Waals surface area (Å²) in [6.07, 6.45) is 7.88. The summed E-state index contributed by atoms with van der Waals surface area (Å²) in [5.41, 5.74) is 7.78. The van der Waals surface area contributed by atoms with Crippen molar-refractivity contribution in [2.45, 2.75) is 110 Å². The molecule has 1 aliphatic heterocycles. The van der Waals surface area contributed by atoms with Gasteiger partial charge in [-0.15, -0.1) is 0 Å². The number of aliphatic imine (C=N–C) groups is 1. The fourth-order valence-electron chi connectivity index (χ4n) is 5.63. The SMILES string of the molecule is CC(C)OC(=O)[C@@H](COC(C)(C)C)NC(=O)CC[C@@H](C1CCCCC1)N1Cc2cc(Oc3ccccc3)ncc2N=C1N. The first-order valence-corrected chi connectivity index (χ1v) is 15.4. The highest BCUT2D eigenvalue weighted by Gasteiger charge is 2.34. The van der Waals surface area contributed by atoms with Crippen LogP contribution in [0.15, 0.2) is 47.6 Å². The molecule has 43 heavy (non-hydrogen) atoms. The number of fused-ring (bicyclic) bond motifs is 1. The molecule has 0 radical (unpaired) electrons. The van der Waals surface area contributed by atoms with E-state index in [9.17, 15) is 9.59 Å². The van der Waals surface area contributed by atoms with Gasteiger partial charge in [0.15, 0.2) is 12.0 Å². The van der Waals surface area contributed by atoms with Crippen molar-refractivity contribution in [2.75, 3.05) is 6.61 Å². The molecule has 1 fully saturated rings. The number of nitrogens with two attached hydrogens (primary N) is 1. The van der Waals surface area contributed by atoms with Crippen molar-refractivity contribution in [3.63, 3.8) is 0 Å². The molecule has 2 heterocycles. The van der Waals surface area contributed by atoms with Gasteiger partial charge in [0, 0.05) is 30.6 Å². The summed E-state index contributed by atoms with van der Waals surface area (Å²) < 4.78 is 17.2. The predicted octanol–water partition coefficient (Wildman–Crippen LogP) is 5.62. The average molecular weight is 594 g/mol. The van der Waals surface area contributed by atoms with E-state index in [1.807, 2.05) is 57.2 Å². The molecule has 234 valence electrons. The molecule has 2 aliphatic rings. The van der Waals surface area contributed by atoms with Gasteiger partial charge in [0.2, 0.25) is 11.8 Å². The monoisotopic (exact) mass is 593 g/mol. The Morgan fingerprint density at radius 2 is 1.84 bits per heavy atom.